The molecular weight excluding hydrogens is 240 g/mol. The predicted molar refractivity (Wildman–Crippen MR) is 72.8 cm³/mol. The van der Waals surface area contributed by atoms with Crippen LogP contribution in [0.3, 0.4) is 0 Å². The summed E-state index contributed by atoms with van der Waals surface area (Å²) >= 11 is 0. The van der Waals surface area contributed by atoms with Gasteiger partial charge >= 0.3 is 0 Å². The Morgan fingerprint density at radius 1 is 0.947 bits per heavy atom. The lowest BCUT2D eigenvalue weighted by Crippen LogP contribution is -2.42. The summed E-state index contributed by atoms with van der Waals surface area (Å²) in [6.07, 6.45) is 4.69. The predicted octanol–water partition coefficient (Wildman–Crippen LogP) is 2.52. The van der Waals surface area contributed by atoms with Crippen LogP contribution in [0, 0.1) is 5.41 Å². The number of aliphatic hydroxyl groups is 1. The molecular formula is C16H22O3. The Labute approximate surface area is 114 Å². The van der Waals surface area contributed by atoms with Crippen molar-refractivity contribution < 1.29 is 14.6 Å². The third kappa shape index (κ3) is 2.69. The summed E-state index contributed by atoms with van der Waals surface area (Å²) in [7, 11) is 0. The average Bonchev–Trinajstić information content (AvgIpc) is 2.92. The third-order valence-electron chi connectivity index (χ3n) is 4.64. The van der Waals surface area contributed by atoms with E-state index in [-0.39, 0.29) is 17.8 Å². The Hall–Kier alpha value is -0.900. The molecule has 3 heteroatoms. The van der Waals surface area contributed by atoms with Gasteiger partial charge in [-0.05, 0) is 30.2 Å². The molecule has 0 unspecified atom stereocenters. The summed E-state index contributed by atoms with van der Waals surface area (Å²) in [4.78, 5) is 0. The van der Waals surface area contributed by atoms with Gasteiger partial charge in [0, 0.05) is 19.4 Å². The summed E-state index contributed by atoms with van der Waals surface area (Å²) in [5, 5.41) is 9.85. The topological polar surface area (TPSA) is 38.7 Å². The quantitative estimate of drug-likeness (QED) is 0.909. The SMILES string of the molecule is OCC1(Cc2ccccc2)CCC2(CC1)OCCO2. The number of ether oxygens (including phenoxy) is 2. The monoisotopic (exact) mass is 262 g/mol. The maximum atomic E-state index is 9.85. The van der Waals surface area contributed by atoms with Crippen LogP contribution in [0.1, 0.15) is 31.2 Å². The molecule has 1 saturated carbocycles. The molecule has 1 saturated heterocycles. The molecule has 1 heterocycles. The molecule has 0 radical (unpaired) electrons. The molecule has 1 N–H and O–H groups in total. The average molecular weight is 262 g/mol. The van der Waals surface area contributed by atoms with Gasteiger partial charge in [-0.3, -0.25) is 0 Å². The van der Waals surface area contributed by atoms with Crippen LogP contribution in [-0.4, -0.2) is 30.7 Å². The lowest BCUT2D eigenvalue weighted by atomic mass is 9.69. The van der Waals surface area contributed by atoms with Crippen LogP contribution in [0.25, 0.3) is 0 Å². The summed E-state index contributed by atoms with van der Waals surface area (Å²) in [5.41, 5.74) is 1.31. The van der Waals surface area contributed by atoms with Gasteiger partial charge in [0.25, 0.3) is 0 Å². The molecule has 3 rings (SSSR count). The number of aliphatic hydroxyl groups excluding tert-OH is 1. The van der Waals surface area contributed by atoms with Crippen molar-refractivity contribution in [3.05, 3.63) is 35.9 Å². The minimum atomic E-state index is -0.338. The fourth-order valence-corrected chi connectivity index (χ4v) is 3.37. The minimum absolute atomic E-state index is 0.00190. The second-order valence-corrected chi connectivity index (χ2v) is 5.93. The zero-order valence-electron chi connectivity index (χ0n) is 11.3. The Kier molecular flexibility index (Phi) is 3.61. The van der Waals surface area contributed by atoms with Crippen molar-refractivity contribution in [2.24, 2.45) is 5.41 Å². The standard InChI is InChI=1S/C16H22O3/c17-13-15(12-14-4-2-1-3-5-14)6-8-16(9-7-15)18-10-11-19-16/h1-5,17H,6-13H2. The van der Waals surface area contributed by atoms with Gasteiger partial charge < -0.3 is 14.6 Å². The molecule has 1 aliphatic heterocycles. The lowest BCUT2D eigenvalue weighted by molar-refractivity contribution is -0.194. The van der Waals surface area contributed by atoms with Gasteiger partial charge in [0.1, 0.15) is 0 Å². The van der Waals surface area contributed by atoms with Crippen LogP contribution < -0.4 is 0 Å². The highest BCUT2D eigenvalue weighted by Gasteiger charge is 2.45. The molecule has 1 spiro atoms. The fourth-order valence-electron chi connectivity index (χ4n) is 3.37. The molecule has 104 valence electrons. The zero-order valence-corrected chi connectivity index (χ0v) is 11.3. The largest absolute Gasteiger partial charge is 0.396 e. The number of hydrogen-bond acceptors (Lipinski definition) is 3. The Bertz CT molecular complexity index is 399. The van der Waals surface area contributed by atoms with Crippen molar-refractivity contribution in [2.45, 2.75) is 37.9 Å². The van der Waals surface area contributed by atoms with E-state index in [0.29, 0.717) is 13.2 Å². The van der Waals surface area contributed by atoms with Crippen LogP contribution in [0.2, 0.25) is 0 Å². The highest BCUT2D eigenvalue weighted by Crippen LogP contribution is 2.46. The molecule has 0 bridgehead atoms. The number of hydrogen-bond donors (Lipinski definition) is 1. The van der Waals surface area contributed by atoms with E-state index in [1.165, 1.54) is 5.56 Å². The Morgan fingerprint density at radius 3 is 2.16 bits per heavy atom. The highest BCUT2D eigenvalue weighted by molar-refractivity contribution is 5.17. The molecule has 3 nitrogen and oxygen atoms in total. The molecule has 1 aliphatic carbocycles. The normalized spacial score (nSPS) is 24.7. The molecule has 2 fully saturated rings. The van der Waals surface area contributed by atoms with Crippen LogP contribution in [0.5, 0.6) is 0 Å². The van der Waals surface area contributed by atoms with Crippen LogP contribution in [0.4, 0.5) is 0 Å². The minimum Gasteiger partial charge on any atom is -0.396 e. The second-order valence-electron chi connectivity index (χ2n) is 5.93. The molecule has 1 aromatic rings. The maximum Gasteiger partial charge on any atom is 0.168 e. The van der Waals surface area contributed by atoms with Gasteiger partial charge in [-0.25, -0.2) is 0 Å². The van der Waals surface area contributed by atoms with Crippen molar-refractivity contribution in [3.8, 4) is 0 Å². The van der Waals surface area contributed by atoms with Crippen LogP contribution in [0.15, 0.2) is 30.3 Å². The van der Waals surface area contributed by atoms with Gasteiger partial charge in [0.05, 0.1) is 13.2 Å². The van der Waals surface area contributed by atoms with E-state index in [9.17, 15) is 5.11 Å². The summed E-state index contributed by atoms with van der Waals surface area (Å²) in [5.74, 6) is -0.338. The van der Waals surface area contributed by atoms with E-state index >= 15 is 0 Å². The van der Waals surface area contributed by atoms with Crippen molar-refractivity contribution in [1.29, 1.82) is 0 Å². The van der Waals surface area contributed by atoms with E-state index in [1.54, 1.807) is 0 Å². The molecule has 2 aliphatic rings. The fraction of sp³-hybridized carbons (Fsp3) is 0.625. The first-order chi connectivity index (χ1) is 9.26. The van der Waals surface area contributed by atoms with E-state index in [4.69, 9.17) is 9.47 Å². The van der Waals surface area contributed by atoms with Crippen molar-refractivity contribution in [2.75, 3.05) is 19.8 Å². The molecule has 0 aromatic heterocycles. The van der Waals surface area contributed by atoms with E-state index in [2.05, 4.69) is 24.3 Å². The lowest BCUT2D eigenvalue weighted by Gasteiger charge is -2.43. The maximum absolute atomic E-state index is 9.85. The number of rotatable bonds is 3. The number of benzene rings is 1. The van der Waals surface area contributed by atoms with Crippen LogP contribution >= 0.6 is 0 Å². The van der Waals surface area contributed by atoms with Gasteiger partial charge in [0.2, 0.25) is 0 Å². The first-order valence-electron chi connectivity index (χ1n) is 7.19. The Balaban J connectivity index is 1.68. The van der Waals surface area contributed by atoms with Crippen molar-refractivity contribution in [1.82, 2.24) is 0 Å². The molecule has 0 atom stereocenters. The van der Waals surface area contributed by atoms with E-state index in [0.717, 1.165) is 32.1 Å². The van der Waals surface area contributed by atoms with Crippen LogP contribution in [-0.2, 0) is 15.9 Å². The van der Waals surface area contributed by atoms with Gasteiger partial charge in [0.15, 0.2) is 5.79 Å². The first-order valence-corrected chi connectivity index (χ1v) is 7.19. The second kappa shape index (κ2) is 5.23. The van der Waals surface area contributed by atoms with Gasteiger partial charge in [-0.1, -0.05) is 30.3 Å². The molecule has 1 aromatic carbocycles. The van der Waals surface area contributed by atoms with Crippen molar-refractivity contribution >= 4 is 0 Å². The van der Waals surface area contributed by atoms with Gasteiger partial charge in [-0.2, -0.15) is 0 Å². The summed E-state index contributed by atoms with van der Waals surface area (Å²) < 4.78 is 11.5. The first kappa shape index (κ1) is 13.1. The Morgan fingerprint density at radius 2 is 1.58 bits per heavy atom. The van der Waals surface area contributed by atoms with E-state index in [1.807, 2.05) is 6.07 Å². The van der Waals surface area contributed by atoms with E-state index < -0.39 is 0 Å². The summed E-state index contributed by atoms with van der Waals surface area (Å²) in [6, 6.07) is 10.4. The van der Waals surface area contributed by atoms with Crippen molar-refractivity contribution in [3.63, 3.8) is 0 Å². The molecule has 0 amide bonds. The summed E-state index contributed by atoms with van der Waals surface area (Å²) in [6.45, 7) is 1.67. The van der Waals surface area contributed by atoms with Gasteiger partial charge in [-0.15, -0.1) is 0 Å². The highest BCUT2D eigenvalue weighted by atomic mass is 16.7. The third-order valence-corrected chi connectivity index (χ3v) is 4.64. The zero-order chi connectivity index (χ0) is 13.2. The smallest absolute Gasteiger partial charge is 0.168 e. The molecule has 19 heavy (non-hydrogen) atoms.